The number of hydrogen-bond acceptors (Lipinski definition) is 1. The minimum atomic E-state index is 1.10. The number of allylic oxidation sites excluding steroid dienone is 3. The van der Waals surface area contributed by atoms with Crippen molar-refractivity contribution in [2.24, 2.45) is 0 Å². The molecule has 0 aromatic carbocycles. The van der Waals surface area contributed by atoms with Gasteiger partial charge >= 0.3 is 0 Å². The van der Waals surface area contributed by atoms with Crippen LogP contribution in [0.4, 0.5) is 0 Å². The van der Waals surface area contributed by atoms with Crippen LogP contribution >= 0.6 is 0 Å². The van der Waals surface area contributed by atoms with Gasteiger partial charge in [-0.25, -0.2) is 0 Å². The highest BCUT2D eigenvalue weighted by Crippen LogP contribution is 2.08. The third kappa shape index (κ3) is 4.22. The summed E-state index contributed by atoms with van der Waals surface area (Å²) in [5.41, 5.74) is 2.75. The van der Waals surface area contributed by atoms with E-state index < -0.39 is 0 Å². The van der Waals surface area contributed by atoms with Crippen molar-refractivity contribution >= 4 is 0 Å². The van der Waals surface area contributed by atoms with E-state index in [0.717, 1.165) is 12.8 Å². The molecule has 0 aliphatic carbocycles. The molecule has 0 radical (unpaired) electrons. The molecule has 0 saturated heterocycles. The molecular weight excluding hydrogens is 146 g/mol. The number of hydrogen-bond donors (Lipinski definition) is 0. The van der Waals surface area contributed by atoms with E-state index in [9.17, 15) is 0 Å². The molecule has 1 nitrogen and oxygen atoms in total. The first-order chi connectivity index (χ1) is 5.61. The quantitative estimate of drug-likeness (QED) is 0.581. The molecule has 0 aliphatic rings. The van der Waals surface area contributed by atoms with Gasteiger partial charge < -0.3 is 4.90 Å². The Morgan fingerprint density at radius 3 is 2.17 bits per heavy atom. The minimum Gasteiger partial charge on any atom is -0.378 e. The fraction of sp³-hybridized carbons (Fsp3) is 0.636. The fourth-order valence-electron chi connectivity index (χ4n) is 0.934. The lowest BCUT2D eigenvalue weighted by atomic mass is 10.2. The molecule has 0 rings (SSSR count). The third-order valence-electron chi connectivity index (χ3n) is 1.88. The van der Waals surface area contributed by atoms with Crippen LogP contribution in [0.5, 0.6) is 0 Å². The Labute approximate surface area is 76.8 Å². The normalized spacial score (nSPS) is 13.4. The van der Waals surface area contributed by atoms with Crippen LogP contribution in [-0.4, -0.2) is 19.0 Å². The summed E-state index contributed by atoms with van der Waals surface area (Å²) in [5.74, 6) is 0. The molecule has 0 saturated carbocycles. The fourth-order valence-corrected chi connectivity index (χ4v) is 0.934. The van der Waals surface area contributed by atoms with Gasteiger partial charge in [0.05, 0.1) is 0 Å². The zero-order valence-electron chi connectivity index (χ0n) is 9.02. The van der Waals surface area contributed by atoms with Gasteiger partial charge in [0.2, 0.25) is 0 Å². The summed E-state index contributed by atoms with van der Waals surface area (Å²) in [5, 5.41) is 0. The average molecular weight is 167 g/mol. The molecule has 0 aliphatic heterocycles. The van der Waals surface area contributed by atoms with Crippen molar-refractivity contribution in [3.05, 3.63) is 23.4 Å². The van der Waals surface area contributed by atoms with Crippen LogP contribution in [0.2, 0.25) is 0 Å². The van der Waals surface area contributed by atoms with E-state index in [1.807, 2.05) is 0 Å². The first kappa shape index (κ1) is 11.3. The van der Waals surface area contributed by atoms with Gasteiger partial charge in [-0.3, -0.25) is 0 Å². The molecule has 0 N–H and O–H groups in total. The van der Waals surface area contributed by atoms with Crippen molar-refractivity contribution in [1.29, 1.82) is 0 Å². The Bertz CT molecular complexity index is 175. The highest BCUT2D eigenvalue weighted by Gasteiger charge is 1.94. The largest absolute Gasteiger partial charge is 0.378 e. The Kier molecular flexibility index (Phi) is 5.52. The number of nitrogens with zero attached hydrogens (tertiary/aromatic N) is 1. The van der Waals surface area contributed by atoms with E-state index >= 15 is 0 Å². The van der Waals surface area contributed by atoms with Gasteiger partial charge in [0.15, 0.2) is 0 Å². The van der Waals surface area contributed by atoms with Gasteiger partial charge in [0.25, 0.3) is 0 Å². The second kappa shape index (κ2) is 5.87. The molecule has 0 bridgehead atoms. The molecule has 0 atom stereocenters. The Morgan fingerprint density at radius 2 is 1.83 bits per heavy atom. The van der Waals surface area contributed by atoms with Gasteiger partial charge in [-0.1, -0.05) is 25.5 Å². The van der Waals surface area contributed by atoms with Crippen molar-refractivity contribution in [2.45, 2.75) is 33.6 Å². The lowest BCUT2D eigenvalue weighted by Gasteiger charge is -2.14. The summed E-state index contributed by atoms with van der Waals surface area (Å²) in [6.45, 7) is 6.52. The molecule has 70 valence electrons. The standard InChI is InChI=1S/C11H21N/c1-6-8-11(12(4)5)9-10(3)7-2/h8-9H,6-7H2,1-5H3/b10-9-,11-8-. The SMILES string of the molecule is CC/C=C(/C=C(/C)CC)N(C)C. The lowest BCUT2D eigenvalue weighted by molar-refractivity contribution is 0.526. The van der Waals surface area contributed by atoms with Crippen molar-refractivity contribution < 1.29 is 0 Å². The lowest BCUT2D eigenvalue weighted by Crippen LogP contribution is -2.09. The maximum Gasteiger partial charge on any atom is 0.0319 e. The second-order valence-corrected chi connectivity index (χ2v) is 3.28. The van der Waals surface area contributed by atoms with Gasteiger partial charge in [-0.15, -0.1) is 0 Å². The summed E-state index contributed by atoms with van der Waals surface area (Å²) in [4.78, 5) is 2.16. The number of likely N-dealkylation sites (N-methyl/N-ethyl adjacent to an activating group) is 1. The van der Waals surface area contributed by atoms with Crippen LogP contribution < -0.4 is 0 Å². The van der Waals surface area contributed by atoms with E-state index in [-0.39, 0.29) is 0 Å². The maximum absolute atomic E-state index is 2.25. The zero-order chi connectivity index (χ0) is 9.56. The van der Waals surface area contributed by atoms with E-state index in [1.165, 1.54) is 11.3 Å². The Morgan fingerprint density at radius 1 is 1.25 bits per heavy atom. The van der Waals surface area contributed by atoms with Crippen LogP contribution in [0.15, 0.2) is 23.4 Å². The second-order valence-electron chi connectivity index (χ2n) is 3.28. The summed E-state index contributed by atoms with van der Waals surface area (Å²) in [6.07, 6.45) is 6.73. The smallest absolute Gasteiger partial charge is 0.0319 e. The van der Waals surface area contributed by atoms with Crippen LogP contribution in [0, 0.1) is 0 Å². The molecule has 0 fully saturated rings. The van der Waals surface area contributed by atoms with E-state index in [2.05, 4.69) is 51.9 Å². The first-order valence-corrected chi connectivity index (χ1v) is 4.66. The molecule has 0 heterocycles. The summed E-state index contributed by atoms with van der Waals surface area (Å²) >= 11 is 0. The summed E-state index contributed by atoms with van der Waals surface area (Å²) < 4.78 is 0. The van der Waals surface area contributed by atoms with E-state index in [1.54, 1.807) is 0 Å². The van der Waals surface area contributed by atoms with Gasteiger partial charge in [-0.05, 0) is 25.8 Å². The molecule has 0 aromatic rings. The zero-order valence-corrected chi connectivity index (χ0v) is 9.02. The van der Waals surface area contributed by atoms with Crippen molar-refractivity contribution in [3.63, 3.8) is 0 Å². The predicted octanol–water partition coefficient (Wildman–Crippen LogP) is 3.20. The minimum absolute atomic E-state index is 1.10. The van der Waals surface area contributed by atoms with Gasteiger partial charge in [0, 0.05) is 19.8 Å². The predicted molar refractivity (Wildman–Crippen MR) is 56.1 cm³/mol. The molecule has 0 amide bonds. The monoisotopic (exact) mass is 167 g/mol. The van der Waals surface area contributed by atoms with Crippen molar-refractivity contribution in [2.75, 3.05) is 14.1 Å². The van der Waals surface area contributed by atoms with E-state index in [4.69, 9.17) is 0 Å². The van der Waals surface area contributed by atoms with Gasteiger partial charge in [0.1, 0.15) is 0 Å². The molecule has 1 heteroatoms. The Hall–Kier alpha value is -0.720. The third-order valence-corrected chi connectivity index (χ3v) is 1.88. The van der Waals surface area contributed by atoms with Crippen molar-refractivity contribution in [3.8, 4) is 0 Å². The Balaban J connectivity index is 4.43. The molecule has 12 heavy (non-hydrogen) atoms. The molecular formula is C11H21N. The summed E-state index contributed by atoms with van der Waals surface area (Å²) in [7, 11) is 4.17. The molecule has 0 spiro atoms. The van der Waals surface area contributed by atoms with Crippen molar-refractivity contribution in [1.82, 2.24) is 4.90 Å². The highest BCUT2D eigenvalue weighted by molar-refractivity contribution is 5.20. The van der Waals surface area contributed by atoms with E-state index in [0.29, 0.717) is 0 Å². The topological polar surface area (TPSA) is 3.24 Å². The average Bonchev–Trinajstić information content (AvgIpc) is 2.03. The molecule has 0 unspecified atom stereocenters. The van der Waals surface area contributed by atoms with Crippen LogP contribution in [-0.2, 0) is 0 Å². The first-order valence-electron chi connectivity index (χ1n) is 4.66. The number of rotatable bonds is 4. The van der Waals surface area contributed by atoms with Crippen LogP contribution in [0.3, 0.4) is 0 Å². The molecule has 0 aromatic heterocycles. The van der Waals surface area contributed by atoms with Crippen LogP contribution in [0.25, 0.3) is 0 Å². The van der Waals surface area contributed by atoms with Crippen LogP contribution in [0.1, 0.15) is 33.6 Å². The van der Waals surface area contributed by atoms with Gasteiger partial charge in [-0.2, -0.15) is 0 Å². The maximum atomic E-state index is 2.25. The highest BCUT2D eigenvalue weighted by atomic mass is 15.1. The summed E-state index contributed by atoms with van der Waals surface area (Å²) in [6, 6.07) is 0.